The molecule has 1 fully saturated rings. The first-order valence-corrected chi connectivity index (χ1v) is 8.61. The van der Waals surface area contributed by atoms with Gasteiger partial charge in [0.05, 0.1) is 31.8 Å². The Balaban J connectivity index is 2.49. The Labute approximate surface area is 132 Å². The van der Waals surface area contributed by atoms with E-state index in [-0.39, 0.29) is 17.0 Å². The van der Waals surface area contributed by atoms with E-state index in [4.69, 9.17) is 14.2 Å². The normalized spacial score (nSPS) is 23.3. The van der Waals surface area contributed by atoms with E-state index in [1.54, 1.807) is 13.0 Å². The smallest absolute Gasteiger partial charge is 0.243 e. The van der Waals surface area contributed by atoms with Crippen LogP contribution in [0.3, 0.4) is 0 Å². The third-order valence-corrected chi connectivity index (χ3v) is 5.94. The summed E-state index contributed by atoms with van der Waals surface area (Å²) in [5.41, 5.74) is 0.629. The number of hydrogen-bond acceptors (Lipinski definition) is 5. The minimum Gasteiger partial charge on any atom is -0.493 e. The van der Waals surface area contributed by atoms with E-state index >= 15 is 0 Å². The topological polar surface area (TPSA) is 65.1 Å². The molecule has 1 aromatic carbocycles. The fourth-order valence-electron chi connectivity index (χ4n) is 2.57. The van der Waals surface area contributed by atoms with Crippen LogP contribution in [0.1, 0.15) is 19.4 Å². The first-order chi connectivity index (χ1) is 10.3. The van der Waals surface area contributed by atoms with E-state index in [2.05, 4.69) is 0 Å². The van der Waals surface area contributed by atoms with Crippen molar-refractivity contribution in [3.8, 4) is 11.5 Å². The molecule has 7 heteroatoms. The van der Waals surface area contributed by atoms with Gasteiger partial charge in [-0.1, -0.05) is 0 Å². The van der Waals surface area contributed by atoms with Gasteiger partial charge in [-0.25, -0.2) is 8.42 Å². The minimum atomic E-state index is -3.61. The summed E-state index contributed by atoms with van der Waals surface area (Å²) in [5.74, 6) is 0.919. The van der Waals surface area contributed by atoms with E-state index in [0.29, 0.717) is 30.2 Å². The quantitative estimate of drug-likeness (QED) is 0.843. The fraction of sp³-hybridized carbons (Fsp3) is 0.600. The molecule has 0 amide bonds. The van der Waals surface area contributed by atoms with Crippen LogP contribution in [0.4, 0.5) is 0 Å². The summed E-state index contributed by atoms with van der Waals surface area (Å²) in [4.78, 5) is 0.242. The predicted molar refractivity (Wildman–Crippen MR) is 83.1 cm³/mol. The van der Waals surface area contributed by atoms with Gasteiger partial charge >= 0.3 is 0 Å². The molecule has 1 aliphatic rings. The Morgan fingerprint density at radius 1 is 1.18 bits per heavy atom. The lowest BCUT2D eigenvalue weighted by Crippen LogP contribution is -2.50. The number of hydrogen-bond donors (Lipinski definition) is 0. The number of sulfonamides is 1. The molecule has 22 heavy (non-hydrogen) atoms. The van der Waals surface area contributed by atoms with Gasteiger partial charge in [-0.3, -0.25) is 0 Å². The van der Waals surface area contributed by atoms with E-state index in [1.165, 1.54) is 24.6 Å². The molecule has 6 nitrogen and oxygen atoms in total. The number of morpholine rings is 1. The maximum Gasteiger partial charge on any atom is 0.243 e. The first kappa shape index (κ1) is 17.1. The lowest BCUT2D eigenvalue weighted by atomic mass is 10.2. The molecule has 124 valence electrons. The third kappa shape index (κ3) is 3.06. The Morgan fingerprint density at radius 3 is 2.36 bits per heavy atom. The second-order valence-electron chi connectivity index (χ2n) is 5.54. The average molecular weight is 329 g/mol. The van der Waals surface area contributed by atoms with Gasteiger partial charge in [0.25, 0.3) is 0 Å². The summed E-state index contributed by atoms with van der Waals surface area (Å²) in [6, 6.07) is 3.00. The van der Waals surface area contributed by atoms with Crippen molar-refractivity contribution in [2.45, 2.75) is 37.8 Å². The van der Waals surface area contributed by atoms with Crippen molar-refractivity contribution in [1.29, 1.82) is 0 Å². The molecule has 1 aliphatic heterocycles. The number of benzene rings is 1. The monoisotopic (exact) mass is 329 g/mol. The third-order valence-electron chi connectivity index (χ3n) is 3.82. The molecule has 0 radical (unpaired) electrons. The lowest BCUT2D eigenvalue weighted by molar-refractivity contribution is -0.0170. The van der Waals surface area contributed by atoms with E-state index < -0.39 is 10.0 Å². The van der Waals surface area contributed by atoms with Gasteiger partial charge in [0.15, 0.2) is 11.5 Å². The van der Waals surface area contributed by atoms with Crippen LogP contribution in [0, 0.1) is 6.92 Å². The van der Waals surface area contributed by atoms with Crippen LogP contribution in [-0.2, 0) is 14.8 Å². The highest BCUT2D eigenvalue weighted by atomic mass is 32.2. The number of ether oxygens (including phenoxy) is 3. The van der Waals surface area contributed by atoms with Crippen molar-refractivity contribution in [3.63, 3.8) is 0 Å². The van der Waals surface area contributed by atoms with Crippen molar-refractivity contribution < 1.29 is 22.6 Å². The second-order valence-corrected chi connectivity index (χ2v) is 7.40. The van der Waals surface area contributed by atoms with Gasteiger partial charge in [0, 0.05) is 18.7 Å². The van der Waals surface area contributed by atoms with Crippen LogP contribution in [0.25, 0.3) is 0 Å². The summed E-state index contributed by atoms with van der Waals surface area (Å²) >= 11 is 0. The maximum absolute atomic E-state index is 13.0. The summed E-state index contributed by atoms with van der Waals surface area (Å²) in [7, 11) is -0.601. The molecule has 0 saturated carbocycles. The van der Waals surface area contributed by atoms with Crippen LogP contribution < -0.4 is 9.47 Å². The lowest BCUT2D eigenvalue weighted by Gasteiger charge is -2.36. The first-order valence-electron chi connectivity index (χ1n) is 7.17. The molecule has 0 bridgehead atoms. The number of methoxy groups -OCH3 is 2. The number of aryl methyl sites for hydroxylation is 1. The summed E-state index contributed by atoms with van der Waals surface area (Å²) in [5, 5.41) is 0. The Morgan fingerprint density at radius 2 is 1.77 bits per heavy atom. The summed E-state index contributed by atoms with van der Waals surface area (Å²) in [6.07, 6.45) is -0.119. The van der Waals surface area contributed by atoms with Gasteiger partial charge in [-0.2, -0.15) is 4.31 Å². The van der Waals surface area contributed by atoms with E-state index in [1.807, 2.05) is 13.8 Å². The molecule has 2 rings (SSSR count). The number of nitrogens with zero attached hydrogens (tertiary/aromatic N) is 1. The Hall–Kier alpha value is -1.31. The molecule has 1 aromatic rings. The van der Waals surface area contributed by atoms with E-state index in [0.717, 1.165) is 0 Å². The van der Waals surface area contributed by atoms with Crippen molar-refractivity contribution in [3.05, 3.63) is 17.7 Å². The van der Waals surface area contributed by atoms with E-state index in [9.17, 15) is 8.42 Å². The van der Waals surface area contributed by atoms with Gasteiger partial charge < -0.3 is 14.2 Å². The Kier molecular flexibility index (Phi) is 4.99. The maximum atomic E-state index is 13.0. The van der Waals surface area contributed by atoms with Crippen molar-refractivity contribution in [1.82, 2.24) is 4.31 Å². The zero-order valence-electron chi connectivity index (χ0n) is 13.6. The molecule has 1 saturated heterocycles. The molecular weight excluding hydrogens is 306 g/mol. The highest BCUT2D eigenvalue weighted by molar-refractivity contribution is 7.89. The van der Waals surface area contributed by atoms with Crippen LogP contribution in [0.5, 0.6) is 11.5 Å². The predicted octanol–water partition coefficient (Wildman–Crippen LogP) is 1.81. The van der Waals surface area contributed by atoms with Crippen LogP contribution >= 0.6 is 0 Å². The van der Waals surface area contributed by atoms with Crippen LogP contribution in [0.2, 0.25) is 0 Å². The van der Waals surface area contributed by atoms with Crippen LogP contribution in [-0.4, -0.2) is 52.2 Å². The average Bonchev–Trinajstić information content (AvgIpc) is 2.48. The largest absolute Gasteiger partial charge is 0.493 e. The van der Waals surface area contributed by atoms with Gasteiger partial charge in [-0.05, 0) is 32.4 Å². The highest BCUT2D eigenvalue weighted by Gasteiger charge is 2.35. The molecule has 1 heterocycles. The zero-order valence-corrected chi connectivity index (χ0v) is 14.4. The van der Waals surface area contributed by atoms with Gasteiger partial charge in [0.2, 0.25) is 10.0 Å². The van der Waals surface area contributed by atoms with Crippen molar-refractivity contribution in [2.24, 2.45) is 0 Å². The van der Waals surface area contributed by atoms with Gasteiger partial charge in [0.1, 0.15) is 0 Å². The molecule has 0 aliphatic carbocycles. The van der Waals surface area contributed by atoms with Gasteiger partial charge in [-0.15, -0.1) is 0 Å². The van der Waals surface area contributed by atoms with Crippen molar-refractivity contribution in [2.75, 3.05) is 27.4 Å². The second kappa shape index (κ2) is 6.44. The molecule has 0 aromatic heterocycles. The summed E-state index contributed by atoms with van der Waals surface area (Å²) < 4.78 is 43.5. The molecule has 2 atom stereocenters. The SMILES string of the molecule is COc1cc(C)c(S(=O)(=O)N2C[C@H](C)OC[C@H]2C)cc1OC. The van der Waals surface area contributed by atoms with Crippen molar-refractivity contribution >= 4 is 10.0 Å². The molecular formula is C15H23NO5S. The molecule has 0 N–H and O–H groups in total. The number of rotatable bonds is 4. The Bertz CT molecular complexity index is 644. The summed E-state index contributed by atoms with van der Waals surface area (Å²) in [6.45, 7) is 6.21. The standard InChI is InChI=1S/C15H23NO5S/c1-10-6-13(19-4)14(20-5)7-15(10)22(17,18)16-8-12(3)21-9-11(16)2/h6-7,11-12H,8-9H2,1-5H3/t11-,12+/m1/s1. The van der Waals surface area contributed by atoms with Crippen LogP contribution in [0.15, 0.2) is 17.0 Å². The zero-order chi connectivity index (χ0) is 16.5. The highest BCUT2D eigenvalue weighted by Crippen LogP contribution is 2.34. The molecule has 0 spiro atoms. The molecule has 0 unspecified atom stereocenters. The fourth-order valence-corrected chi connectivity index (χ4v) is 4.49. The minimum absolute atomic E-state index is 0.119.